The number of aromatic nitrogens is 1. The van der Waals surface area contributed by atoms with Crippen LogP contribution in [0.3, 0.4) is 0 Å². The average molecular weight is 368 g/mol. The molecule has 0 bridgehead atoms. The molecule has 1 aliphatic heterocycles. The number of likely N-dealkylation sites (tertiary alicyclic amines) is 1. The highest BCUT2D eigenvalue weighted by Gasteiger charge is 2.24. The molecule has 1 saturated heterocycles. The summed E-state index contributed by atoms with van der Waals surface area (Å²) in [5, 5.41) is 9.33. The van der Waals surface area contributed by atoms with Gasteiger partial charge in [-0.1, -0.05) is 12.1 Å². The van der Waals surface area contributed by atoms with Crippen molar-refractivity contribution in [2.24, 2.45) is 5.92 Å². The molecule has 1 unspecified atom stereocenters. The van der Waals surface area contributed by atoms with Crippen molar-refractivity contribution in [3.05, 3.63) is 53.7 Å². The number of carbonyl (C=O) groups excluding carboxylic acids is 1. The van der Waals surface area contributed by atoms with E-state index < -0.39 is 0 Å². The van der Waals surface area contributed by atoms with E-state index in [1.54, 1.807) is 19.4 Å². The second-order valence-electron chi connectivity index (χ2n) is 7.18. The fraction of sp³-hybridized carbons (Fsp3) is 0.455. The summed E-state index contributed by atoms with van der Waals surface area (Å²) in [6.45, 7) is 2.41. The van der Waals surface area contributed by atoms with Crippen molar-refractivity contribution in [2.45, 2.75) is 32.3 Å². The normalized spacial score (nSPS) is 17.1. The molecule has 144 valence electrons. The molecule has 1 aromatic carbocycles. The van der Waals surface area contributed by atoms with Crippen LogP contribution >= 0.6 is 0 Å². The average Bonchev–Trinajstić information content (AvgIpc) is 2.74. The maximum atomic E-state index is 13.0. The molecular weight excluding hydrogens is 340 g/mol. The van der Waals surface area contributed by atoms with Gasteiger partial charge in [0.1, 0.15) is 0 Å². The Morgan fingerprint density at radius 3 is 3.04 bits per heavy atom. The van der Waals surface area contributed by atoms with Crippen LogP contribution in [0.1, 0.15) is 41.6 Å². The quantitative estimate of drug-likeness (QED) is 0.760. The number of benzene rings is 1. The monoisotopic (exact) mass is 368 g/mol. The van der Waals surface area contributed by atoms with Crippen molar-refractivity contribution in [1.29, 1.82) is 0 Å². The second kappa shape index (κ2) is 9.62. The van der Waals surface area contributed by atoms with E-state index in [9.17, 15) is 9.90 Å². The predicted molar refractivity (Wildman–Crippen MR) is 105 cm³/mol. The summed E-state index contributed by atoms with van der Waals surface area (Å²) in [6.07, 6.45) is 6.08. The first kappa shape index (κ1) is 19.5. The Balaban J connectivity index is 1.71. The molecule has 0 radical (unpaired) electrons. The molecule has 3 rings (SSSR count). The molecule has 1 atom stereocenters. The zero-order valence-corrected chi connectivity index (χ0v) is 15.9. The lowest BCUT2D eigenvalue weighted by Crippen LogP contribution is -2.40. The fourth-order valence-corrected chi connectivity index (χ4v) is 3.73. The van der Waals surface area contributed by atoms with Gasteiger partial charge in [0.05, 0.1) is 12.3 Å². The van der Waals surface area contributed by atoms with Crippen LogP contribution in [0.25, 0.3) is 11.3 Å². The summed E-state index contributed by atoms with van der Waals surface area (Å²) >= 11 is 0. The smallest absolute Gasteiger partial charge is 0.253 e. The summed E-state index contributed by atoms with van der Waals surface area (Å²) < 4.78 is 5.15. The van der Waals surface area contributed by atoms with Gasteiger partial charge in [0, 0.05) is 44.1 Å². The van der Waals surface area contributed by atoms with Crippen LogP contribution in [-0.2, 0) is 11.3 Å². The predicted octanol–water partition coefficient (Wildman–Crippen LogP) is 3.52. The number of hydrogen-bond acceptors (Lipinski definition) is 4. The van der Waals surface area contributed by atoms with Crippen molar-refractivity contribution >= 4 is 5.91 Å². The van der Waals surface area contributed by atoms with Gasteiger partial charge in [-0.3, -0.25) is 9.78 Å². The first-order valence-electron chi connectivity index (χ1n) is 9.65. The number of amides is 1. The molecule has 5 heteroatoms. The molecular formula is C22H28N2O3. The van der Waals surface area contributed by atoms with Crippen molar-refractivity contribution in [3.8, 4) is 11.3 Å². The van der Waals surface area contributed by atoms with Gasteiger partial charge in [0.25, 0.3) is 5.91 Å². The van der Waals surface area contributed by atoms with Crippen LogP contribution in [0, 0.1) is 5.92 Å². The first-order chi connectivity index (χ1) is 13.2. The van der Waals surface area contributed by atoms with Crippen molar-refractivity contribution in [2.75, 3.05) is 26.8 Å². The lowest BCUT2D eigenvalue weighted by molar-refractivity contribution is 0.0660. The Kier molecular flexibility index (Phi) is 6.96. The van der Waals surface area contributed by atoms with E-state index >= 15 is 0 Å². The Hall–Kier alpha value is -2.24. The zero-order valence-electron chi connectivity index (χ0n) is 15.9. The van der Waals surface area contributed by atoms with Gasteiger partial charge in [0.2, 0.25) is 0 Å². The van der Waals surface area contributed by atoms with Crippen LogP contribution in [0.15, 0.2) is 42.6 Å². The number of carbonyl (C=O) groups is 1. The molecule has 1 fully saturated rings. The third-order valence-electron chi connectivity index (χ3n) is 5.18. The summed E-state index contributed by atoms with van der Waals surface area (Å²) in [5.74, 6) is 0.649. The third kappa shape index (κ3) is 5.15. The molecule has 1 N–H and O–H groups in total. The number of aliphatic hydroxyl groups is 1. The van der Waals surface area contributed by atoms with E-state index in [-0.39, 0.29) is 12.5 Å². The number of piperidine rings is 1. The highest BCUT2D eigenvalue weighted by molar-refractivity contribution is 5.95. The Morgan fingerprint density at radius 2 is 2.22 bits per heavy atom. The maximum absolute atomic E-state index is 13.0. The van der Waals surface area contributed by atoms with Gasteiger partial charge in [0.15, 0.2) is 0 Å². The van der Waals surface area contributed by atoms with E-state index in [1.807, 2.05) is 35.2 Å². The number of hydrogen-bond donors (Lipinski definition) is 1. The van der Waals surface area contributed by atoms with E-state index in [2.05, 4.69) is 4.98 Å². The molecule has 1 amide bonds. The lowest BCUT2D eigenvalue weighted by atomic mass is 9.93. The summed E-state index contributed by atoms with van der Waals surface area (Å²) in [6, 6.07) is 11.3. The molecule has 2 aromatic rings. The minimum atomic E-state index is -0.0214. The van der Waals surface area contributed by atoms with Gasteiger partial charge < -0.3 is 14.7 Å². The van der Waals surface area contributed by atoms with Crippen molar-refractivity contribution in [1.82, 2.24) is 9.88 Å². The Labute approximate surface area is 161 Å². The van der Waals surface area contributed by atoms with Gasteiger partial charge >= 0.3 is 0 Å². The highest BCUT2D eigenvalue weighted by Crippen LogP contribution is 2.24. The van der Waals surface area contributed by atoms with Crippen LogP contribution in [0.5, 0.6) is 0 Å². The zero-order chi connectivity index (χ0) is 19.1. The highest BCUT2D eigenvalue weighted by atomic mass is 16.5. The van der Waals surface area contributed by atoms with Crippen molar-refractivity contribution < 1.29 is 14.6 Å². The summed E-state index contributed by atoms with van der Waals surface area (Å²) in [5.41, 5.74) is 3.17. The number of ether oxygens (including phenoxy) is 1. The molecule has 27 heavy (non-hydrogen) atoms. The first-order valence-corrected chi connectivity index (χ1v) is 9.65. The largest absolute Gasteiger partial charge is 0.392 e. The van der Waals surface area contributed by atoms with E-state index in [1.165, 1.54) is 6.42 Å². The molecule has 5 nitrogen and oxygen atoms in total. The molecule has 1 aromatic heterocycles. The Morgan fingerprint density at radius 1 is 1.33 bits per heavy atom. The molecule has 1 aliphatic rings. The summed E-state index contributed by atoms with van der Waals surface area (Å²) in [4.78, 5) is 19.4. The van der Waals surface area contributed by atoms with Crippen LogP contribution in [0.2, 0.25) is 0 Å². The van der Waals surface area contributed by atoms with Gasteiger partial charge in [-0.05, 0) is 61.4 Å². The molecule has 0 aliphatic carbocycles. The van der Waals surface area contributed by atoms with Gasteiger partial charge in [-0.15, -0.1) is 0 Å². The fourth-order valence-electron chi connectivity index (χ4n) is 3.73. The second-order valence-corrected chi connectivity index (χ2v) is 7.18. The van der Waals surface area contributed by atoms with Crippen LogP contribution in [-0.4, -0.2) is 47.7 Å². The number of pyridine rings is 1. The van der Waals surface area contributed by atoms with E-state index in [0.29, 0.717) is 11.5 Å². The number of nitrogens with zero attached hydrogens (tertiary/aromatic N) is 2. The molecule has 0 spiro atoms. The number of aliphatic hydroxyl groups excluding tert-OH is 1. The molecule has 2 heterocycles. The number of methoxy groups -OCH3 is 1. The maximum Gasteiger partial charge on any atom is 0.253 e. The minimum absolute atomic E-state index is 0.0214. The van der Waals surface area contributed by atoms with Crippen LogP contribution < -0.4 is 0 Å². The topological polar surface area (TPSA) is 62.7 Å². The van der Waals surface area contributed by atoms with Gasteiger partial charge in [-0.2, -0.15) is 0 Å². The summed E-state index contributed by atoms with van der Waals surface area (Å²) in [7, 11) is 1.73. The minimum Gasteiger partial charge on any atom is -0.392 e. The van der Waals surface area contributed by atoms with Crippen molar-refractivity contribution in [3.63, 3.8) is 0 Å². The van der Waals surface area contributed by atoms with E-state index in [4.69, 9.17) is 4.74 Å². The third-order valence-corrected chi connectivity index (χ3v) is 5.18. The van der Waals surface area contributed by atoms with E-state index in [0.717, 1.165) is 55.8 Å². The van der Waals surface area contributed by atoms with Gasteiger partial charge in [-0.25, -0.2) is 0 Å². The Bertz CT molecular complexity index is 763. The number of rotatable bonds is 7. The molecule has 0 saturated carbocycles. The standard InChI is InChI=1S/C22H28N2O3/c1-27-12-4-6-17-5-3-11-24(15-17)22(26)20-8-2-7-19(14-20)21-13-18(16-25)9-10-23-21/h2,7-10,13-14,17,25H,3-6,11-12,15-16H2,1H3. The lowest BCUT2D eigenvalue weighted by Gasteiger charge is -2.33. The SMILES string of the molecule is COCCCC1CCCN(C(=O)c2cccc(-c3cc(CO)ccn3)c2)C1. The van der Waals surface area contributed by atoms with Crippen LogP contribution in [0.4, 0.5) is 0 Å².